The van der Waals surface area contributed by atoms with Gasteiger partial charge in [-0.1, -0.05) is 0 Å². The van der Waals surface area contributed by atoms with Crippen LogP contribution in [0.2, 0.25) is 0 Å². The first kappa shape index (κ1) is 12.7. The minimum atomic E-state index is 0.330. The van der Waals surface area contributed by atoms with E-state index in [-0.39, 0.29) is 0 Å². The summed E-state index contributed by atoms with van der Waals surface area (Å²) in [5.41, 5.74) is 3.46. The maximum Gasteiger partial charge on any atom is 0.125 e. The summed E-state index contributed by atoms with van der Waals surface area (Å²) in [4.78, 5) is 4.50. The molecule has 0 aliphatic rings. The third kappa shape index (κ3) is 2.15. The lowest BCUT2D eigenvalue weighted by molar-refractivity contribution is 0.758. The van der Waals surface area contributed by atoms with Gasteiger partial charge in [-0.15, -0.1) is 11.6 Å². The highest BCUT2D eigenvalue weighted by molar-refractivity contribution is 6.16. The van der Waals surface area contributed by atoms with Gasteiger partial charge in [0.25, 0.3) is 0 Å². The molecule has 0 aliphatic carbocycles. The van der Waals surface area contributed by atoms with Crippen LogP contribution in [-0.4, -0.2) is 19.3 Å². The van der Waals surface area contributed by atoms with Crippen molar-refractivity contribution < 1.29 is 0 Å². The summed E-state index contributed by atoms with van der Waals surface area (Å²) in [7, 11) is 1.88. The molecule has 20 heavy (non-hydrogen) atoms. The first-order valence-electron chi connectivity index (χ1n) is 6.14. The van der Waals surface area contributed by atoms with Crippen molar-refractivity contribution in [2.24, 2.45) is 7.05 Å². The van der Waals surface area contributed by atoms with Gasteiger partial charge >= 0.3 is 0 Å². The van der Waals surface area contributed by atoms with Crippen molar-refractivity contribution in [1.82, 2.24) is 19.3 Å². The molecule has 0 radical (unpaired) electrons. The average molecular weight is 286 g/mol. The zero-order valence-electron chi connectivity index (χ0n) is 10.9. The van der Waals surface area contributed by atoms with Crippen molar-refractivity contribution in [1.29, 1.82) is 5.26 Å². The summed E-state index contributed by atoms with van der Waals surface area (Å²) >= 11 is 5.98. The van der Waals surface area contributed by atoms with Crippen LogP contribution in [0.3, 0.4) is 0 Å². The number of halogens is 1. The van der Waals surface area contributed by atoms with E-state index in [1.54, 1.807) is 10.7 Å². The number of nitriles is 1. The Labute approximate surface area is 121 Å². The van der Waals surface area contributed by atoms with E-state index >= 15 is 0 Å². The Morgan fingerprint density at radius 1 is 1.40 bits per heavy atom. The fourth-order valence-corrected chi connectivity index (χ4v) is 2.46. The number of hydrogen-bond donors (Lipinski definition) is 0. The molecule has 0 atom stereocenters. The lowest BCUT2D eigenvalue weighted by atomic mass is 10.2. The Morgan fingerprint density at radius 2 is 2.25 bits per heavy atom. The van der Waals surface area contributed by atoms with Crippen molar-refractivity contribution >= 4 is 22.6 Å². The van der Waals surface area contributed by atoms with Crippen LogP contribution in [0.1, 0.15) is 17.0 Å². The second kappa shape index (κ2) is 4.99. The number of hydrogen-bond acceptors (Lipinski definition) is 3. The molecule has 0 bridgehead atoms. The lowest BCUT2D eigenvalue weighted by Gasteiger charge is -2.05. The third-order valence-electron chi connectivity index (χ3n) is 3.17. The molecule has 0 saturated heterocycles. The minimum Gasteiger partial charge on any atom is -0.322 e. The highest BCUT2D eigenvalue weighted by Crippen LogP contribution is 2.20. The van der Waals surface area contributed by atoms with Crippen LogP contribution in [-0.2, 0) is 19.5 Å². The second-order valence-corrected chi connectivity index (χ2v) is 4.85. The minimum absolute atomic E-state index is 0.330. The van der Waals surface area contributed by atoms with E-state index in [0.717, 1.165) is 22.4 Å². The van der Waals surface area contributed by atoms with Gasteiger partial charge < -0.3 is 4.57 Å². The molecule has 6 heteroatoms. The van der Waals surface area contributed by atoms with Crippen LogP contribution in [0, 0.1) is 11.3 Å². The van der Waals surface area contributed by atoms with Gasteiger partial charge in [-0.2, -0.15) is 10.4 Å². The van der Waals surface area contributed by atoms with E-state index in [4.69, 9.17) is 16.9 Å². The second-order valence-electron chi connectivity index (χ2n) is 4.59. The molecule has 0 spiro atoms. The van der Waals surface area contributed by atoms with E-state index in [0.29, 0.717) is 18.0 Å². The fourth-order valence-electron chi connectivity index (χ4n) is 2.26. The molecule has 0 aliphatic heterocycles. The van der Waals surface area contributed by atoms with Gasteiger partial charge in [-0.05, 0) is 18.2 Å². The van der Waals surface area contributed by atoms with Gasteiger partial charge in [0.1, 0.15) is 5.82 Å². The zero-order valence-corrected chi connectivity index (χ0v) is 11.7. The van der Waals surface area contributed by atoms with Crippen LogP contribution < -0.4 is 0 Å². The third-order valence-corrected chi connectivity index (χ3v) is 3.41. The number of alkyl halides is 1. The van der Waals surface area contributed by atoms with Gasteiger partial charge in [-0.3, -0.25) is 4.68 Å². The predicted molar refractivity (Wildman–Crippen MR) is 76.3 cm³/mol. The van der Waals surface area contributed by atoms with E-state index < -0.39 is 0 Å². The number of rotatable bonds is 3. The summed E-state index contributed by atoms with van der Waals surface area (Å²) in [6.07, 6.45) is 3.77. The molecule has 0 unspecified atom stereocenters. The monoisotopic (exact) mass is 285 g/mol. The molecule has 5 nitrogen and oxygen atoms in total. The SMILES string of the molecule is Cn1cc(Cn2c(CCl)nc3ccc(C#N)cc32)cn1. The zero-order chi connectivity index (χ0) is 14.1. The number of aryl methyl sites for hydroxylation is 1. The van der Waals surface area contributed by atoms with Crippen molar-refractivity contribution in [3.63, 3.8) is 0 Å². The van der Waals surface area contributed by atoms with Crippen molar-refractivity contribution in [2.75, 3.05) is 0 Å². The van der Waals surface area contributed by atoms with E-state index in [1.807, 2.05) is 36.1 Å². The molecule has 3 aromatic rings. The Hall–Kier alpha value is -2.32. The normalized spacial score (nSPS) is 10.8. The molecule has 0 amide bonds. The number of imidazole rings is 1. The molecule has 2 aromatic heterocycles. The van der Waals surface area contributed by atoms with E-state index in [2.05, 4.69) is 16.2 Å². The fraction of sp³-hybridized carbons (Fsp3) is 0.214. The van der Waals surface area contributed by atoms with Gasteiger partial charge in [0.15, 0.2) is 0 Å². The predicted octanol–water partition coefficient (Wildman–Crippen LogP) is 2.43. The first-order chi connectivity index (χ1) is 9.71. The number of fused-ring (bicyclic) bond motifs is 1. The average Bonchev–Trinajstić information content (AvgIpc) is 3.03. The van der Waals surface area contributed by atoms with Crippen molar-refractivity contribution in [2.45, 2.75) is 12.4 Å². The standard InChI is InChI=1S/C14H12ClN5/c1-19-8-11(7-17-19)9-20-13-4-10(6-16)2-3-12(13)18-14(20)5-15/h2-4,7-8H,5,9H2,1H3. The maximum absolute atomic E-state index is 9.03. The van der Waals surface area contributed by atoms with Crippen LogP contribution in [0.4, 0.5) is 0 Å². The maximum atomic E-state index is 9.03. The van der Waals surface area contributed by atoms with Gasteiger partial charge in [0.05, 0.1) is 41.3 Å². The largest absolute Gasteiger partial charge is 0.322 e. The highest BCUT2D eigenvalue weighted by Gasteiger charge is 2.11. The molecule has 0 saturated carbocycles. The summed E-state index contributed by atoms with van der Waals surface area (Å²) < 4.78 is 3.79. The Bertz CT molecular complexity index is 809. The van der Waals surface area contributed by atoms with Crippen LogP contribution in [0.15, 0.2) is 30.6 Å². The molecular formula is C14H12ClN5. The first-order valence-corrected chi connectivity index (χ1v) is 6.67. The molecule has 1 aromatic carbocycles. The van der Waals surface area contributed by atoms with Gasteiger partial charge in [0, 0.05) is 18.8 Å². The van der Waals surface area contributed by atoms with E-state index in [9.17, 15) is 0 Å². The summed E-state index contributed by atoms with van der Waals surface area (Å²) in [5, 5.41) is 13.2. The van der Waals surface area contributed by atoms with Gasteiger partial charge in [0.2, 0.25) is 0 Å². The van der Waals surface area contributed by atoms with Crippen LogP contribution in [0.25, 0.3) is 11.0 Å². The van der Waals surface area contributed by atoms with Crippen LogP contribution in [0.5, 0.6) is 0 Å². The van der Waals surface area contributed by atoms with Crippen molar-refractivity contribution in [3.05, 3.63) is 47.5 Å². The Morgan fingerprint density at radius 3 is 2.90 bits per heavy atom. The quantitative estimate of drug-likeness (QED) is 0.695. The smallest absolute Gasteiger partial charge is 0.125 e. The Kier molecular flexibility index (Phi) is 3.17. The molecule has 0 fully saturated rings. The highest BCUT2D eigenvalue weighted by atomic mass is 35.5. The summed E-state index contributed by atoms with van der Waals surface area (Å²) in [6, 6.07) is 7.61. The molecule has 100 valence electrons. The topological polar surface area (TPSA) is 59.4 Å². The summed E-state index contributed by atoms with van der Waals surface area (Å²) in [5.74, 6) is 1.12. The van der Waals surface area contributed by atoms with Crippen LogP contribution >= 0.6 is 11.6 Å². The molecule has 3 rings (SSSR count). The summed E-state index contributed by atoms with van der Waals surface area (Å²) in [6.45, 7) is 0.640. The van der Waals surface area contributed by atoms with E-state index in [1.165, 1.54) is 0 Å². The van der Waals surface area contributed by atoms with Gasteiger partial charge in [-0.25, -0.2) is 4.98 Å². The van der Waals surface area contributed by atoms with Crippen molar-refractivity contribution in [3.8, 4) is 6.07 Å². The number of nitrogens with zero attached hydrogens (tertiary/aromatic N) is 5. The Balaban J connectivity index is 2.13. The molecular weight excluding hydrogens is 274 g/mol. The molecule has 2 heterocycles. The number of benzene rings is 1. The lowest BCUT2D eigenvalue weighted by Crippen LogP contribution is -2.03. The number of aromatic nitrogens is 4. The molecule has 0 N–H and O–H groups in total.